The number of hydrogen-bond donors (Lipinski definition) is 8. The van der Waals surface area contributed by atoms with Crippen molar-refractivity contribution in [2.75, 3.05) is 134 Å². The molecule has 734 valence electrons. The van der Waals surface area contributed by atoms with Crippen LogP contribution in [0.5, 0.6) is 0 Å². The van der Waals surface area contributed by atoms with Crippen LogP contribution in [0.4, 0.5) is 28.4 Å². The minimum atomic E-state index is -2.52. The Hall–Kier alpha value is -11.5. The third-order valence-corrected chi connectivity index (χ3v) is 26.4. The fourth-order valence-corrected chi connectivity index (χ4v) is 18.4. The summed E-state index contributed by atoms with van der Waals surface area (Å²) in [6.07, 6.45) is 15.1. The number of allylic oxidation sites excluding steroid dienone is 6. The number of fused-ring (bicyclic) bond motifs is 6. The molecule has 2 bridgehead atoms. The van der Waals surface area contributed by atoms with E-state index in [1.54, 1.807) is 52.5 Å². The quantitative estimate of drug-likeness (QED) is 0.0101. The van der Waals surface area contributed by atoms with Gasteiger partial charge in [-0.2, -0.15) is 10.1 Å². The monoisotopic (exact) mass is 1880 g/mol. The number of ketones is 3. The van der Waals surface area contributed by atoms with Gasteiger partial charge in [-0.1, -0.05) is 82.4 Å². The molecule has 39 nitrogen and oxygen atoms in total. The number of alkyl carbamates (subject to hydrolysis) is 1. The third-order valence-electron chi connectivity index (χ3n) is 26.4. The number of piperazine rings is 1. The molecule has 1 aliphatic carbocycles. The Morgan fingerprint density at radius 2 is 1.45 bits per heavy atom. The number of hydrogen-bond acceptors (Lipinski definition) is 34. The molecule has 15 atom stereocenters. The van der Waals surface area contributed by atoms with Crippen LogP contribution in [-0.2, 0) is 97.5 Å². The number of methoxy groups -OCH3 is 2. The predicted molar refractivity (Wildman–Crippen MR) is 501 cm³/mol. The summed E-state index contributed by atoms with van der Waals surface area (Å²) >= 11 is 0. The largest absolute Gasteiger partial charge is 0.459 e. The second kappa shape index (κ2) is 48.5. The number of aliphatic hydroxyl groups is 3. The van der Waals surface area contributed by atoms with Crippen LogP contribution in [0, 0.1) is 29.6 Å². The second-order valence-electron chi connectivity index (χ2n) is 36.2. The third kappa shape index (κ3) is 26.6. The van der Waals surface area contributed by atoms with E-state index in [1.165, 1.54) is 38.2 Å². The molecule has 0 spiro atoms. The van der Waals surface area contributed by atoms with E-state index in [4.69, 9.17) is 69.3 Å². The molecule has 3 saturated heterocycles. The molecule has 11 N–H and O–H groups in total. The van der Waals surface area contributed by atoms with Gasteiger partial charge in [0, 0.05) is 133 Å². The summed E-state index contributed by atoms with van der Waals surface area (Å²) in [4.78, 5) is 150. The van der Waals surface area contributed by atoms with Crippen LogP contribution in [0.3, 0.4) is 0 Å². The van der Waals surface area contributed by atoms with Crippen molar-refractivity contribution in [3.05, 3.63) is 143 Å². The van der Waals surface area contributed by atoms with Gasteiger partial charge in [-0.3, -0.25) is 28.8 Å². The highest BCUT2D eigenvalue weighted by molar-refractivity contribution is 6.39. The number of rotatable bonds is 29. The topological polar surface area (TPSA) is 517 Å². The van der Waals surface area contributed by atoms with E-state index in [9.17, 15) is 53.7 Å². The van der Waals surface area contributed by atoms with Gasteiger partial charge in [-0.05, 0) is 142 Å². The van der Waals surface area contributed by atoms with Crippen LogP contribution < -0.4 is 37.6 Å². The molecule has 136 heavy (non-hydrogen) atoms. The summed E-state index contributed by atoms with van der Waals surface area (Å²) in [5.41, 5.74) is 27.5. The number of oxazole rings is 1. The number of aliphatic hydroxyl groups excluding tert-OH is 2. The SMILES string of the molecule is CO[C@H]1C[C@@H]2CC[C@@H](C)[C@@](O)(O2)C(=O)C(=O)N2CCCC[C@H]2C(=O)O[C@H]([C@H](N)C[C@@H]2CC[C@@H](OC(=O)NCc3cnc(N4CCN(c5cnc(C(=O)NCCOCCOCCOCCOCCC(=O)N6CCc7cc(Cn8nc(-c9ccc%10oc(N)nc%10c9)c9c(N)ncnc98)ccc7C6)cn5)CC4)nc3)[C@H](OC)C2)CC(=O)[C@H](C)/C=C(\C)[C@@H](O)[C@@H](O)C(=O)[C@H](C)C[C@H](C)/C=C/C=C/C=C/1C. The normalized spacial score (nSPS) is 26.6. The first-order chi connectivity index (χ1) is 65.5. The lowest BCUT2D eigenvalue weighted by molar-refractivity contribution is -0.265. The smallest absolute Gasteiger partial charge is 0.407 e. The van der Waals surface area contributed by atoms with Gasteiger partial charge in [0.15, 0.2) is 17.0 Å². The average molecular weight is 1880 g/mol. The van der Waals surface area contributed by atoms with E-state index in [0.717, 1.165) is 27.2 Å². The van der Waals surface area contributed by atoms with Gasteiger partial charge in [-0.15, -0.1) is 0 Å². The van der Waals surface area contributed by atoms with Gasteiger partial charge in [-0.25, -0.2) is 44.2 Å². The van der Waals surface area contributed by atoms with E-state index in [2.05, 4.69) is 62.6 Å². The number of nitrogen functional groups attached to an aromatic ring is 2. The maximum Gasteiger partial charge on any atom is 0.407 e. The zero-order chi connectivity index (χ0) is 96.7. The molecule has 5 aromatic heterocycles. The van der Waals surface area contributed by atoms with Gasteiger partial charge in [0.2, 0.25) is 17.6 Å². The first-order valence-electron chi connectivity index (χ1n) is 47.1. The molecule has 4 amide bonds. The molecular formula is C97H130N18O21. The number of nitrogens with two attached hydrogens (primary N) is 3. The zero-order valence-corrected chi connectivity index (χ0v) is 78.8. The Kier molecular flexibility index (Phi) is 36.3. The molecular weight excluding hydrogens is 1750 g/mol. The number of Topliss-reactive ketones (excluding diaryl/α,β-unsaturated/α-hetero) is 3. The lowest BCUT2D eigenvalue weighted by Gasteiger charge is -2.42. The molecule has 0 unspecified atom stereocenters. The number of esters is 1. The number of piperidine rings is 1. The highest BCUT2D eigenvalue weighted by Gasteiger charge is 2.53. The fraction of sp³-hybridized carbons (Fsp3) is 0.567. The summed E-state index contributed by atoms with van der Waals surface area (Å²) in [7, 11) is 3.06. The summed E-state index contributed by atoms with van der Waals surface area (Å²) in [5, 5.41) is 45.9. The number of anilines is 4. The average Bonchev–Trinajstić information content (AvgIpc) is 1.62. The summed E-state index contributed by atoms with van der Waals surface area (Å²) in [6, 6.07) is 9.60. The van der Waals surface area contributed by atoms with Crippen LogP contribution in [-0.4, -0.2) is 290 Å². The first kappa shape index (κ1) is 102. The van der Waals surface area contributed by atoms with Crippen molar-refractivity contribution in [3.8, 4) is 11.3 Å². The fourth-order valence-electron chi connectivity index (χ4n) is 18.4. The van der Waals surface area contributed by atoms with Gasteiger partial charge >= 0.3 is 12.1 Å². The van der Waals surface area contributed by atoms with Crippen molar-refractivity contribution < 1.29 is 101 Å². The van der Waals surface area contributed by atoms with E-state index < -0.39 is 120 Å². The Morgan fingerprint density at radius 1 is 0.706 bits per heavy atom. The minimum Gasteiger partial charge on any atom is -0.459 e. The lowest BCUT2D eigenvalue weighted by atomic mass is 9.80. The van der Waals surface area contributed by atoms with Crippen LogP contribution in [0.15, 0.2) is 120 Å². The molecule has 39 heteroatoms. The van der Waals surface area contributed by atoms with Gasteiger partial charge in [0.25, 0.3) is 23.6 Å². The van der Waals surface area contributed by atoms with Crippen LogP contribution in [0.25, 0.3) is 33.4 Å². The Balaban J connectivity index is 0.490. The van der Waals surface area contributed by atoms with Crippen molar-refractivity contribution in [1.29, 1.82) is 0 Å². The molecule has 2 aromatic carbocycles. The van der Waals surface area contributed by atoms with Crippen LogP contribution in [0.1, 0.15) is 158 Å². The molecule has 13 rings (SSSR count). The van der Waals surface area contributed by atoms with Gasteiger partial charge in [0.05, 0.1) is 102 Å². The van der Waals surface area contributed by atoms with Crippen molar-refractivity contribution in [3.63, 3.8) is 0 Å². The molecule has 6 aliphatic rings. The van der Waals surface area contributed by atoms with Crippen molar-refractivity contribution >= 4 is 92.9 Å². The number of carbonyl (C=O) groups excluding carboxylic acids is 8. The number of aromatic nitrogens is 9. The number of nitrogens with one attached hydrogen (secondary N) is 2. The molecule has 7 aromatic rings. The van der Waals surface area contributed by atoms with Crippen molar-refractivity contribution in [1.82, 2.24) is 65.1 Å². The van der Waals surface area contributed by atoms with Crippen molar-refractivity contribution in [2.24, 2.45) is 35.3 Å². The molecule has 0 radical (unpaired) electrons. The number of cyclic esters (lactones) is 1. The van der Waals surface area contributed by atoms with E-state index in [0.29, 0.717) is 194 Å². The number of carbonyl (C=O) groups is 8. The highest BCUT2D eigenvalue weighted by Crippen LogP contribution is 2.40. The maximum atomic E-state index is 14.7. The maximum absolute atomic E-state index is 14.7. The van der Waals surface area contributed by atoms with Gasteiger partial charge in [0.1, 0.15) is 71.1 Å². The highest BCUT2D eigenvalue weighted by atomic mass is 16.6. The van der Waals surface area contributed by atoms with E-state index in [-0.39, 0.29) is 99.5 Å². The molecule has 10 heterocycles. The summed E-state index contributed by atoms with van der Waals surface area (Å²) in [6.45, 7) is 17.0. The predicted octanol–water partition coefficient (Wildman–Crippen LogP) is 6.99. The molecule has 4 fully saturated rings. The zero-order valence-electron chi connectivity index (χ0n) is 78.8. The lowest BCUT2D eigenvalue weighted by Crippen LogP contribution is -2.61. The Bertz CT molecular complexity index is 5390. The second-order valence-corrected chi connectivity index (χ2v) is 36.2. The van der Waals surface area contributed by atoms with E-state index >= 15 is 0 Å². The van der Waals surface area contributed by atoms with Crippen molar-refractivity contribution in [2.45, 2.75) is 212 Å². The standard InChI is InChI=1S/C97H130N18O21/c1-58-14-10-9-11-15-59(2)78(127-7)48-70-22-17-63(6)97(126,136-70)88(121)92(123)114-28-13-12-16-74(114)93(124)133-79(49-75(116)60(3)43-62(5)86(119)87(120)85(118)61(4)42-58)71(98)45-64-19-23-77(80(46-64)128-8)135-96(125)106-52-66-50-104-95(105-51-66)112-32-30-111(31-33-112)81-54-102-73(53-103-81)91(122)101-27-35-130-37-39-132-41-40-131-38-36-129-34-26-82(117)113-29-25-67-44-65(18-20-69(67)56-113)55-115-90-83(89(99)107-57-108-90)84(110-115)68-21-24-76-72(47-68)109-94(100)134-76/h9-11,14-15,18,20-21,24,43-44,47,50-51,53-54,57-58,60-61,63-64,70-71,74,77-80,86-87,119-120,126H,12-13,16-17,19,22-23,25-42,45-46,48-49,52,55-56,98H2,1-8H3,(H2,100,109)(H,101,122)(H,106,125)(H2,99,107,108)/b11-9+,14-10+,59-15+,62-43+/t58-,60-,61-,63-,64+,70+,71-,74+,77-,78+,79+,80-,86-,87+,97-/m1/s1. The van der Waals surface area contributed by atoms with Gasteiger partial charge < -0.3 is 110 Å². The van der Waals surface area contributed by atoms with E-state index in [1.807, 2.05) is 76.9 Å². The number of nitrogens with zero attached hydrogens (tertiary/aromatic N) is 13. The minimum absolute atomic E-state index is 0.0114. The Labute approximate surface area is 790 Å². The number of benzene rings is 2. The first-order valence-corrected chi connectivity index (χ1v) is 47.1. The molecule has 5 aliphatic heterocycles. The summed E-state index contributed by atoms with van der Waals surface area (Å²) < 4.78 is 60.2. The number of ether oxygens (including phenoxy) is 9. The number of amides is 4. The van der Waals surface area contributed by atoms with Crippen LogP contribution >= 0.6 is 0 Å². The van der Waals surface area contributed by atoms with Crippen LogP contribution in [0.2, 0.25) is 0 Å². The Morgan fingerprint density at radius 3 is 2.18 bits per heavy atom. The summed E-state index contributed by atoms with van der Waals surface area (Å²) in [5.74, 6) is -8.35. The molecule has 1 saturated carbocycles.